The van der Waals surface area contributed by atoms with Gasteiger partial charge in [0.2, 0.25) is 0 Å². The van der Waals surface area contributed by atoms with Crippen molar-refractivity contribution in [2.24, 2.45) is 0 Å². The number of furan rings is 1. The van der Waals surface area contributed by atoms with Crippen LogP contribution in [-0.2, 0) is 16.2 Å². The molecule has 0 saturated heterocycles. The second-order valence-corrected chi connectivity index (χ2v) is 21.6. The van der Waals surface area contributed by atoms with E-state index in [-0.39, 0.29) is 11.1 Å². The molecule has 12 rings (SSSR count). The first-order valence-electron chi connectivity index (χ1n) is 32.8. The summed E-state index contributed by atoms with van der Waals surface area (Å²) in [6, 6.07) is 32.5. The number of fused-ring (bicyclic) bond motifs is 6. The van der Waals surface area contributed by atoms with Crippen LogP contribution in [0.5, 0.6) is 0 Å². The van der Waals surface area contributed by atoms with Gasteiger partial charge in [0.25, 0.3) is 6.71 Å². The Hall–Kier alpha value is -5.94. The molecular formula is C64H70BN3O. The van der Waals surface area contributed by atoms with Crippen LogP contribution in [0.25, 0.3) is 0 Å². The third-order valence-electron chi connectivity index (χ3n) is 15.2. The van der Waals surface area contributed by atoms with E-state index in [4.69, 9.17) is 16.8 Å². The highest BCUT2D eigenvalue weighted by molar-refractivity contribution is 6.99. The number of hydrogen-bond acceptors (Lipinski definition) is 4. The molecule has 0 bridgehead atoms. The molecule has 0 N–H and O–H groups in total. The zero-order chi connectivity index (χ0) is 60.3. The molecule has 0 amide bonds. The molecule has 7 aromatic rings. The van der Waals surface area contributed by atoms with E-state index >= 15 is 0 Å². The fraction of sp³-hybridized carbons (Fsp3) is 0.375. The van der Waals surface area contributed by atoms with Crippen molar-refractivity contribution in [3.63, 3.8) is 0 Å². The van der Waals surface area contributed by atoms with Crippen LogP contribution in [0, 0.1) is 0 Å². The zero-order valence-electron chi connectivity index (χ0n) is 55.6. The van der Waals surface area contributed by atoms with E-state index < -0.39 is 124 Å². The van der Waals surface area contributed by atoms with Crippen molar-refractivity contribution in [2.45, 2.75) is 153 Å². The van der Waals surface area contributed by atoms with Crippen LogP contribution in [0.2, 0.25) is 0 Å². The van der Waals surface area contributed by atoms with Gasteiger partial charge < -0.3 is 19.1 Å². The van der Waals surface area contributed by atoms with E-state index in [2.05, 4.69) is 77.6 Å². The van der Waals surface area contributed by atoms with Crippen molar-refractivity contribution < 1.29 is 25.0 Å². The Morgan fingerprint density at radius 1 is 0.609 bits per heavy atom. The minimum atomic E-state index is -1.26. The van der Waals surface area contributed by atoms with Crippen molar-refractivity contribution in [2.75, 3.05) is 14.7 Å². The van der Waals surface area contributed by atoms with Crippen molar-refractivity contribution >= 4 is 74.5 Å². The van der Waals surface area contributed by atoms with Crippen LogP contribution < -0.4 is 31.3 Å². The molecule has 0 spiro atoms. The topological polar surface area (TPSA) is 22.9 Å². The van der Waals surface area contributed by atoms with Gasteiger partial charge in [-0.3, -0.25) is 0 Å². The highest BCUT2D eigenvalue weighted by atomic mass is 16.3. The van der Waals surface area contributed by atoms with Gasteiger partial charge in [0.1, 0.15) is 5.76 Å². The Kier molecular flexibility index (Phi) is 7.50. The summed E-state index contributed by atoms with van der Waals surface area (Å²) in [7, 11) is 0. The van der Waals surface area contributed by atoms with Gasteiger partial charge in [-0.15, -0.1) is 0 Å². The molecule has 350 valence electrons. The van der Waals surface area contributed by atoms with Crippen molar-refractivity contribution in [3.05, 3.63) is 167 Å². The normalized spacial score (nSPS) is 33.9. The Morgan fingerprint density at radius 2 is 1.25 bits per heavy atom. The fourth-order valence-corrected chi connectivity index (χ4v) is 11.4. The number of para-hydroxylation sites is 2. The van der Waals surface area contributed by atoms with Crippen LogP contribution in [0.1, 0.15) is 186 Å². The summed E-state index contributed by atoms with van der Waals surface area (Å²) in [6.07, 6.45) is -10.7. The van der Waals surface area contributed by atoms with Gasteiger partial charge in [0.15, 0.2) is 0 Å². The summed E-state index contributed by atoms with van der Waals surface area (Å²) < 4.78 is 144. The summed E-state index contributed by atoms with van der Waals surface area (Å²) in [5.41, 5.74) is 9.38. The lowest BCUT2D eigenvalue weighted by molar-refractivity contribution is 0.282. The maximum absolute atomic E-state index is 9.57. The maximum Gasteiger partial charge on any atom is 0.297 e. The number of rotatable bonds is 7. The molecule has 1 aromatic heterocycles. The van der Waals surface area contributed by atoms with Gasteiger partial charge in [-0.1, -0.05) is 160 Å². The molecule has 69 heavy (non-hydrogen) atoms. The monoisotopic (exact) mass is 923 g/mol. The van der Waals surface area contributed by atoms with Crippen LogP contribution in [-0.4, -0.2) is 6.71 Å². The van der Waals surface area contributed by atoms with Crippen LogP contribution in [0.4, 0.5) is 51.2 Å². The van der Waals surface area contributed by atoms with E-state index in [1.165, 1.54) is 0 Å². The molecule has 5 aliphatic rings. The highest BCUT2D eigenvalue weighted by Crippen LogP contribution is 2.56. The van der Waals surface area contributed by atoms with Gasteiger partial charge in [-0.25, -0.2) is 0 Å². The Bertz CT molecular complexity index is 3680. The Morgan fingerprint density at radius 3 is 1.91 bits per heavy atom. The van der Waals surface area contributed by atoms with Crippen LogP contribution in [0.3, 0.4) is 0 Å². The third-order valence-corrected chi connectivity index (χ3v) is 15.2. The van der Waals surface area contributed by atoms with Gasteiger partial charge in [0.05, 0.1) is 23.9 Å². The standard InChI is InChI=1S/C64H70BN3O/c1-62(2,3)47-32-34-50(35-33-47)68-56-42-52(66(48-26-16-10-17-27-48)49-28-18-11-19-29-49)41-55-58(56)65(61-59(68)57-60(69-61)64(6,7)38-37-63(57,4)5)53-36-31-46(44-23-14-9-15-24-44)40-54(53)67(55)51-30-20-25-45(39-51)43-21-12-8-13-22-43/h10-11,16-20,25-36,39-44H,8-9,12-15,21-24,37-38H2,1-7H3/i8D,9D,10D,12D,13D,14D,15D,16D,17D,21D,22D,23D,24D,26D,27D. The first-order chi connectivity index (χ1) is 39.6. The largest absolute Gasteiger partial charge is 0.472 e. The van der Waals surface area contributed by atoms with Gasteiger partial charge >= 0.3 is 0 Å². The minimum Gasteiger partial charge on any atom is -0.472 e. The lowest BCUT2D eigenvalue weighted by Gasteiger charge is -2.45. The van der Waals surface area contributed by atoms with E-state index in [9.17, 15) is 8.22 Å². The zero-order valence-corrected chi connectivity index (χ0v) is 40.6. The van der Waals surface area contributed by atoms with E-state index in [0.717, 1.165) is 52.0 Å². The second-order valence-electron chi connectivity index (χ2n) is 21.6. The van der Waals surface area contributed by atoms with Crippen molar-refractivity contribution in [3.8, 4) is 0 Å². The molecular weight excluding hydrogens is 838 g/mol. The molecule has 3 heterocycles. The summed E-state index contributed by atoms with van der Waals surface area (Å²) in [4.78, 5) is 6.01. The number of anilines is 9. The summed E-state index contributed by atoms with van der Waals surface area (Å²) >= 11 is 0. The first-order valence-corrected chi connectivity index (χ1v) is 24.5. The molecule has 0 radical (unpaired) electrons. The third kappa shape index (κ3) is 7.56. The van der Waals surface area contributed by atoms with Crippen LogP contribution in [0.15, 0.2) is 144 Å². The molecule has 2 aliphatic heterocycles. The van der Waals surface area contributed by atoms with Crippen molar-refractivity contribution in [1.82, 2.24) is 0 Å². The van der Waals surface area contributed by atoms with Crippen LogP contribution >= 0.6 is 0 Å². The average molecular weight is 923 g/mol. The first kappa shape index (κ1) is 30.6. The quantitative estimate of drug-likeness (QED) is 0.149. The van der Waals surface area contributed by atoms with E-state index in [0.29, 0.717) is 50.9 Å². The summed E-state index contributed by atoms with van der Waals surface area (Å²) in [5.74, 6) is -1.02. The predicted octanol–water partition coefficient (Wildman–Crippen LogP) is 16.6. The fourth-order valence-electron chi connectivity index (χ4n) is 11.4. The predicted molar refractivity (Wildman–Crippen MR) is 293 cm³/mol. The Balaban J connectivity index is 1.24. The van der Waals surface area contributed by atoms with Gasteiger partial charge in [-0.05, 0) is 155 Å². The molecule has 3 aliphatic carbocycles. The van der Waals surface area contributed by atoms with E-state index in [1.54, 1.807) is 11.0 Å². The molecule has 5 heteroatoms. The molecule has 8 unspecified atom stereocenters. The molecule has 2 saturated carbocycles. The smallest absolute Gasteiger partial charge is 0.297 e. The average Bonchev–Trinajstić information content (AvgIpc) is 1.34. The van der Waals surface area contributed by atoms with E-state index in [1.807, 2.05) is 83.8 Å². The molecule has 6 aromatic carbocycles. The lowest BCUT2D eigenvalue weighted by Crippen LogP contribution is -2.61. The Labute approximate surface area is 433 Å². The molecule has 4 nitrogen and oxygen atoms in total. The molecule has 2 fully saturated rings. The summed E-state index contributed by atoms with van der Waals surface area (Å²) in [5, 5.41) is 0. The SMILES string of the molecule is [2H]c1c([2H])c([2H])c(N(c2ccccc2)c2cc3c4c(c2)N(c2ccc(C(C)(C)C)cc2)c2c(oc5c2C(C)(C)CCC5(C)C)B4c2ccc(C4C([2H])C([2H])C([2H])C([2H])C4[2H])cc2N3c2cccc(C3C([2H])C([2H])C([2H])C([2H])C3[2H])c2)c([2H])c1[2H]. The number of nitrogens with zero attached hydrogens (tertiary/aromatic N) is 3. The summed E-state index contributed by atoms with van der Waals surface area (Å²) in [6.45, 7) is 14.8. The van der Waals surface area contributed by atoms with Crippen molar-refractivity contribution in [1.29, 1.82) is 0 Å². The van der Waals surface area contributed by atoms with Gasteiger partial charge in [0, 0.05) is 64.5 Å². The highest BCUT2D eigenvalue weighted by Gasteiger charge is 2.52. The van der Waals surface area contributed by atoms with Gasteiger partial charge in [-0.2, -0.15) is 0 Å². The lowest BCUT2D eigenvalue weighted by atomic mass is 9.35. The molecule has 8 atom stereocenters. The number of hydrogen-bond donors (Lipinski definition) is 0. The minimum absolute atomic E-state index is 0.0881. The number of benzene rings is 6. The maximum atomic E-state index is 9.57. The second kappa shape index (κ2) is 16.9.